The topological polar surface area (TPSA) is 9.23 Å². The van der Waals surface area contributed by atoms with Gasteiger partial charge < -0.3 is 4.74 Å². The van der Waals surface area contributed by atoms with Crippen molar-refractivity contribution in [2.24, 2.45) is 0 Å². The molecule has 0 N–H and O–H groups in total. The first-order valence-corrected chi connectivity index (χ1v) is 20.6. The second kappa shape index (κ2) is 12.0. The predicted octanol–water partition coefficient (Wildman–Crippen LogP) is 14.5. The third kappa shape index (κ3) is 4.19. The van der Waals surface area contributed by atoms with E-state index >= 15 is 0 Å². The number of benzene rings is 10. The van der Waals surface area contributed by atoms with E-state index in [0.29, 0.717) is 0 Å². The summed E-state index contributed by atoms with van der Waals surface area (Å²) in [5.74, 6) is 1.83. The highest BCUT2D eigenvalue weighted by Crippen LogP contribution is 2.64. The van der Waals surface area contributed by atoms with Gasteiger partial charge in [-0.25, -0.2) is 0 Å². The molecule has 0 bridgehead atoms. The van der Waals surface area contributed by atoms with Crippen molar-refractivity contribution >= 4 is 21.5 Å². The number of fused-ring (bicyclic) bond motifs is 16. The van der Waals surface area contributed by atoms with Crippen LogP contribution in [0.5, 0.6) is 11.5 Å². The van der Waals surface area contributed by atoms with Gasteiger partial charge in [0.25, 0.3) is 0 Å². The summed E-state index contributed by atoms with van der Waals surface area (Å²) in [6.45, 7) is 0. The lowest BCUT2D eigenvalue weighted by molar-refractivity contribution is 0.442. The zero-order chi connectivity index (χ0) is 38.7. The van der Waals surface area contributed by atoms with Crippen LogP contribution in [-0.2, 0) is 10.8 Å². The van der Waals surface area contributed by atoms with E-state index in [9.17, 15) is 0 Å². The first-order chi connectivity index (χ1) is 29.3. The Morgan fingerprint density at radius 2 is 0.864 bits per heavy atom. The van der Waals surface area contributed by atoms with Crippen LogP contribution in [0.4, 0.5) is 0 Å². The van der Waals surface area contributed by atoms with Crippen LogP contribution in [0.25, 0.3) is 54.9 Å². The van der Waals surface area contributed by atoms with Crippen LogP contribution in [0.15, 0.2) is 218 Å². The normalized spacial score (nSPS) is 16.1. The quantitative estimate of drug-likeness (QED) is 0.175. The number of hydrogen-bond acceptors (Lipinski definition) is 1. The Hall–Kier alpha value is -7.48. The highest BCUT2D eigenvalue weighted by molar-refractivity contribution is 6.04. The number of rotatable bonds is 3. The molecule has 1 heterocycles. The molecule has 10 aromatic rings. The third-order valence-corrected chi connectivity index (χ3v) is 13.6. The molecule has 2 aliphatic carbocycles. The molecule has 1 atom stereocenters. The van der Waals surface area contributed by atoms with E-state index in [0.717, 1.165) is 22.4 Å². The summed E-state index contributed by atoms with van der Waals surface area (Å²) in [5, 5.41) is 4.85. The van der Waals surface area contributed by atoms with Crippen molar-refractivity contribution in [2.45, 2.75) is 10.8 Å². The van der Waals surface area contributed by atoms with Crippen LogP contribution >= 0.6 is 0 Å². The second-order valence-electron chi connectivity index (χ2n) is 16.3. The van der Waals surface area contributed by atoms with E-state index in [1.807, 2.05) is 0 Å². The molecule has 1 aliphatic heterocycles. The van der Waals surface area contributed by atoms with Gasteiger partial charge in [0.2, 0.25) is 0 Å². The van der Waals surface area contributed by atoms with Gasteiger partial charge in [0, 0.05) is 16.5 Å². The molecule has 0 radical (unpaired) electrons. The van der Waals surface area contributed by atoms with Crippen LogP contribution in [-0.4, -0.2) is 0 Å². The zero-order valence-corrected chi connectivity index (χ0v) is 32.2. The SMILES string of the molecule is c1ccc(C2(c3cccc(-c4ccc5c(c4)C4(c6ccccc6-c6ccccc64)c4ccc6ccccc6c4O5)c3)c3ccccc3-c3c2ccc2ccccc32)cc1. The fraction of sp³-hybridized carbons (Fsp3) is 0.0345. The van der Waals surface area contributed by atoms with Crippen molar-refractivity contribution in [3.63, 3.8) is 0 Å². The maximum atomic E-state index is 7.09. The van der Waals surface area contributed by atoms with Crippen LogP contribution in [0, 0.1) is 0 Å². The molecule has 0 saturated carbocycles. The van der Waals surface area contributed by atoms with Crippen LogP contribution in [0.3, 0.4) is 0 Å². The zero-order valence-electron chi connectivity index (χ0n) is 32.2. The Kier molecular flexibility index (Phi) is 6.64. The Morgan fingerprint density at radius 3 is 1.61 bits per heavy atom. The minimum absolute atomic E-state index is 0.519. The van der Waals surface area contributed by atoms with E-state index in [-0.39, 0.29) is 0 Å². The molecule has 10 aromatic carbocycles. The van der Waals surface area contributed by atoms with Gasteiger partial charge in [-0.3, -0.25) is 0 Å². The lowest BCUT2D eigenvalue weighted by Crippen LogP contribution is -2.32. The molecule has 1 heteroatoms. The van der Waals surface area contributed by atoms with Crippen molar-refractivity contribution in [1.29, 1.82) is 0 Å². The first-order valence-electron chi connectivity index (χ1n) is 20.6. The van der Waals surface area contributed by atoms with Crippen molar-refractivity contribution < 1.29 is 4.74 Å². The fourth-order valence-corrected chi connectivity index (χ4v) is 11.3. The van der Waals surface area contributed by atoms with Crippen molar-refractivity contribution in [1.82, 2.24) is 0 Å². The van der Waals surface area contributed by atoms with Crippen LogP contribution in [0.1, 0.15) is 44.5 Å². The molecule has 274 valence electrons. The molecule has 0 saturated heterocycles. The first kappa shape index (κ1) is 32.6. The molecule has 1 unspecified atom stereocenters. The minimum Gasteiger partial charge on any atom is -0.456 e. The van der Waals surface area contributed by atoms with E-state index in [2.05, 4.69) is 218 Å². The van der Waals surface area contributed by atoms with Crippen molar-refractivity contribution in [2.75, 3.05) is 0 Å². The molecular formula is C58H36O. The van der Waals surface area contributed by atoms with E-state index < -0.39 is 10.8 Å². The summed E-state index contributed by atoms with van der Waals surface area (Å²) in [6.07, 6.45) is 0. The summed E-state index contributed by atoms with van der Waals surface area (Å²) in [4.78, 5) is 0. The Balaban J connectivity index is 1.07. The van der Waals surface area contributed by atoms with E-state index in [1.165, 1.54) is 88.5 Å². The summed E-state index contributed by atoms with van der Waals surface area (Å²) in [7, 11) is 0. The monoisotopic (exact) mass is 748 g/mol. The van der Waals surface area contributed by atoms with Crippen LogP contribution < -0.4 is 4.74 Å². The molecule has 1 spiro atoms. The molecule has 59 heavy (non-hydrogen) atoms. The van der Waals surface area contributed by atoms with E-state index in [1.54, 1.807) is 0 Å². The van der Waals surface area contributed by atoms with Gasteiger partial charge in [-0.15, -0.1) is 0 Å². The smallest absolute Gasteiger partial charge is 0.140 e. The fourth-order valence-electron chi connectivity index (χ4n) is 11.3. The maximum Gasteiger partial charge on any atom is 0.140 e. The standard InChI is InChI=1S/C58H36O/c1-2-18-41(19-3-1)57(50-28-13-10-25-47(50)55-43-21-6-4-15-37(43)29-32-51(55)57)42-20-14-17-39(35-42)40-31-34-54-53(36-40)58(52-33-30-38-16-5-7-22-44(38)56(52)59-54)48-26-11-8-23-45(48)46-24-9-12-27-49(46)58/h1-36H. The maximum absolute atomic E-state index is 7.09. The largest absolute Gasteiger partial charge is 0.456 e. The van der Waals surface area contributed by atoms with Crippen LogP contribution in [0.2, 0.25) is 0 Å². The summed E-state index contributed by atoms with van der Waals surface area (Å²) >= 11 is 0. The summed E-state index contributed by atoms with van der Waals surface area (Å²) in [5.41, 5.74) is 16.5. The van der Waals surface area contributed by atoms with Gasteiger partial charge >= 0.3 is 0 Å². The average Bonchev–Trinajstić information content (AvgIpc) is 3.78. The second-order valence-corrected chi connectivity index (χ2v) is 16.3. The molecule has 0 fully saturated rings. The van der Waals surface area contributed by atoms with E-state index in [4.69, 9.17) is 4.74 Å². The molecule has 13 rings (SSSR count). The highest BCUT2D eigenvalue weighted by atomic mass is 16.5. The lowest BCUT2D eigenvalue weighted by Gasteiger charge is -2.40. The minimum atomic E-state index is -0.566. The molecular weight excluding hydrogens is 713 g/mol. The molecule has 1 nitrogen and oxygen atoms in total. The summed E-state index contributed by atoms with van der Waals surface area (Å²) < 4.78 is 7.09. The molecule has 3 aliphatic rings. The highest BCUT2D eigenvalue weighted by Gasteiger charge is 2.52. The third-order valence-electron chi connectivity index (χ3n) is 13.6. The van der Waals surface area contributed by atoms with Crippen molar-refractivity contribution in [3.05, 3.63) is 263 Å². The molecule has 0 amide bonds. The Morgan fingerprint density at radius 1 is 0.305 bits per heavy atom. The van der Waals surface area contributed by atoms with Gasteiger partial charge in [0.05, 0.1) is 10.8 Å². The number of hydrogen-bond donors (Lipinski definition) is 0. The van der Waals surface area contributed by atoms with Gasteiger partial charge in [-0.05, 0) is 101 Å². The average molecular weight is 749 g/mol. The molecule has 0 aromatic heterocycles. The Bertz CT molecular complexity index is 3330. The van der Waals surface area contributed by atoms with Gasteiger partial charge in [-0.2, -0.15) is 0 Å². The van der Waals surface area contributed by atoms with Gasteiger partial charge in [-0.1, -0.05) is 200 Å². The predicted molar refractivity (Wildman–Crippen MR) is 242 cm³/mol. The van der Waals surface area contributed by atoms with Gasteiger partial charge in [0.1, 0.15) is 11.5 Å². The van der Waals surface area contributed by atoms with Crippen molar-refractivity contribution in [3.8, 4) is 44.9 Å². The summed E-state index contributed by atoms with van der Waals surface area (Å²) in [6, 6.07) is 81.1. The number of ether oxygens (including phenoxy) is 1. The Labute approximate surface area is 343 Å². The lowest BCUT2D eigenvalue weighted by atomic mass is 9.65. The van der Waals surface area contributed by atoms with Gasteiger partial charge in [0.15, 0.2) is 0 Å².